The average Bonchev–Trinajstić information content (AvgIpc) is 2.41. The molecule has 0 radical (unpaired) electrons. The molecule has 2 rings (SSSR count). The van der Waals surface area contributed by atoms with Crippen molar-refractivity contribution in [2.45, 2.75) is 4.90 Å². The number of rotatable bonds is 4. The van der Waals surface area contributed by atoms with Gasteiger partial charge in [-0.05, 0) is 18.2 Å². The fraction of sp³-hybridized carbons (Fsp3) is 0.0833. The molecule has 2 aromatic rings. The fourth-order valence-electron chi connectivity index (χ4n) is 1.44. The van der Waals surface area contributed by atoms with Crippen molar-refractivity contribution in [1.29, 1.82) is 0 Å². The minimum atomic E-state index is -3.77. The number of pyridine rings is 1. The van der Waals surface area contributed by atoms with Crippen LogP contribution in [0.15, 0.2) is 41.6 Å². The van der Waals surface area contributed by atoms with E-state index >= 15 is 0 Å². The lowest BCUT2D eigenvalue weighted by Gasteiger charge is -2.09. The molecule has 0 unspecified atom stereocenters. The van der Waals surface area contributed by atoms with Crippen LogP contribution < -0.4 is 9.46 Å². The van der Waals surface area contributed by atoms with E-state index in [4.69, 9.17) is 27.9 Å². The first kappa shape index (κ1) is 14.9. The van der Waals surface area contributed by atoms with E-state index in [1.807, 2.05) is 0 Å². The van der Waals surface area contributed by atoms with Crippen LogP contribution in [0.1, 0.15) is 0 Å². The number of hydrogen-bond donors (Lipinski definition) is 1. The minimum Gasteiger partial charge on any atom is -0.495 e. The Balaban J connectivity index is 2.32. The van der Waals surface area contributed by atoms with E-state index in [1.54, 1.807) is 0 Å². The van der Waals surface area contributed by atoms with Crippen molar-refractivity contribution in [3.63, 3.8) is 0 Å². The molecule has 0 amide bonds. The number of sulfonamides is 1. The van der Waals surface area contributed by atoms with E-state index in [-0.39, 0.29) is 20.6 Å². The van der Waals surface area contributed by atoms with Crippen LogP contribution in [0, 0.1) is 0 Å². The number of halogens is 2. The number of anilines is 1. The highest BCUT2D eigenvalue weighted by molar-refractivity contribution is 7.92. The van der Waals surface area contributed by atoms with E-state index in [0.29, 0.717) is 5.75 Å². The standard InChI is InChI=1S/C12H10Cl2N2O3S/c1-19-9-4-8(6-15-7-9)16-20(17,18)10-2-3-11(13)12(14)5-10/h2-7,16H,1H3. The van der Waals surface area contributed by atoms with Gasteiger partial charge in [-0.25, -0.2) is 8.42 Å². The quantitative estimate of drug-likeness (QED) is 0.933. The minimum absolute atomic E-state index is 0.00900. The first-order valence-corrected chi connectivity index (χ1v) is 7.63. The van der Waals surface area contributed by atoms with Crippen LogP contribution in [0.5, 0.6) is 5.75 Å². The lowest BCUT2D eigenvalue weighted by atomic mass is 10.4. The molecule has 0 atom stereocenters. The average molecular weight is 333 g/mol. The van der Waals surface area contributed by atoms with Crippen molar-refractivity contribution in [2.24, 2.45) is 0 Å². The van der Waals surface area contributed by atoms with Crippen molar-refractivity contribution >= 4 is 38.9 Å². The number of ether oxygens (including phenoxy) is 1. The fourth-order valence-corrected chi connectivity index (χ4v) is 2.87. The molecule has 8 heteroatoms. The second-order valence-corrected chi connectivity index (χ2v) is 6.29. The van der Waals surface area contributed by atoms with Crippen molar-refractivity contribution in [1.82, 2.24) is 4.98 Å². The number of methoxy groups -OCH3 is 1. The Hall–Kier alpha value is -1.50. The molecule has 0 spiro atoms. The molecule has 5 nitrogen and oxygen atoms in total. The van der Waals surface area contributed by atoms with Gasteiger partial charge in [0, 0.05) is 6.07 Å². The molecular formula is C12H10Cl2N2O3S. The molecule has 1 heterocycles. The maximum absolute atomic E-state index is 12.2. The third-order valence-electron chi connectivity index (χ3n) is 2.40. The number of nitrogens with one attached hydrogen (secondary N) is 1. The lowest BCUT2D eigenvalue weighted by molar-refractivity contribution is 0.413. The van der Waals surface area contributed by atoms with E-state index in [9.17, 15) is 8.42 Å². The Bertz CT molecular complexity index is 735. The summed E-state index contributed by atoms with van der Waals surface area (Å²) in [5.74, 6) is 0.444. The molecule has 0 saturated heterocycles. The number of benzene rings is 1. The van der Waals surface area contributed by atoms with E-state index in [1.165, 1.54) is 43.8 Å². The topological polar surface area (TPSA) is 68.3 Å². The summed E-state index contributed by atoms with van der Waals surface area (Å²) in [6.07, 6.45) is 2.84. The zero-order valence-electron chi connectivity index (χ0n) is 10.3. The van der Waals surface area contributed by atoms with Crippen LogP contribution in [0.4, 0.5) is 5.69 Å². The molecule has 0 aliphatic carbocycles. The predicted molar refractivity (Wildman–Crippen MR) is 78.1 cm³/mol. The summed E-state index contributed by atoms with van der Waals surface area (Å²) in [4.78, 5) is 3.87. The molecule has 106 valence electrons. The lowest BCUT2D eigenvalue weighted by Crippen LogP contribution is -2.13. The first-order valence-electron chi connectivity index (χ1n) is 5.39. The highest BCUT2D eigenvalue weighted by Crippen LogP contribution is 2.26. The first-order chi connectivity index (χ1) is 9.42. The van der Waals surface area contributed by atoms with Gasteiger partial charge in [-0.2, -0.15) is 0 Å². The smallest absolute Gasteiger partial charge is 0.261 e. The van der Waals surface area contributed by atoms with Gasteiger partial charge < -0.3 is 4.74 Å². The van der Waals surface area contributed by atoms with Crippen LogP contribution in [0.2, 0.25) is 10.0 Å². The summed E-state index contributed by atoms with van der Waals surface area (Å²) in [6, 6.07) is 5.58. The van der Waals surface area contributed by atoms with Gasteiger partial charge in [0.15, 0.2) is 0 Å². The molecule has 0 aliphatic heterocycles. The maximum Gasteiger partial charge on any atom is 0.261 e. The number of aromatic nitrogens is 1. The summed E-state index contributed by atoms with van der Waals surface area (Å²) in [5.41, 5.74) is 0.287. The van der Waals surface area contributed by atoms with Gasteiger partial charge in [-0.3, -0.25) is 9.71 Å². The van der Waals surface area contributed by atoms with E-state index in [0.717, 1.165) is 0 Å². The Morgan fingerprint density at radius 2 is 1.90 bits per heavy atom. The van der Waals surface area contributed by atoms with Crippen LogP contribution in [-0.2, 0) is 10.0 Å². The molecular weight excluding hydrogens is 323 g/mol. The normalized spacial score (nSPS) is 11.2. The predicted octanol–water partition coefficient (Wildman–Crippen LogP) is 3.20. The van der Waals surface area contributed by atoms with Crippen LogP contribution in [0.25, 0.3) is 0 Å². The zero-order valence-corrected chi connectivity index (χ0v) is 12.6. The van der Waals surface area contributed by atoms with Gasteiger partial charge in [0.05, 0.1) is 40.1 Å². The third kappa shape index (κ3) is 3.33. The summed E-state index contributed by atoms with van der Waals surface area (Å²) < 4.78 is 31.7. The number of hydrogen-bond acceptors (Lipinski definition) is 4. The Kier molecular flexibility index (Phi) is 4.37. The van der Waals surface area contributed by atoms with Gasteiger partial charge >= 0.3 is 0 Å². The third-order valence-corrected chi connectivity index (χ3v) is 4.52. The monoisotopic (exact) mass is 332 g/mol. The van der Waals surface area contributed by atoms with Crippen LogP contribution >= 0.6 is 23.2 Å². The Morgan fingerprint density at radius 1 is 1.15 bits per heavy atom. The van der Waals surface area contributed by atoms with Gasteiger partial charge in [-0.15, -0.1) is 0 Å². The van der Waals surface area contributed by atoms with Crippen molar-refractivity contribution in [3.05, 3.63) is 46.7 Å². The second-order valence-electron chi connectivity index (χ2n) is 3.79. The molecule has 0 saturated carbocycles. The molecule has 1 aromatic heterocycles. The molecule has 0 aliphatic rings. The van der Waals surface area contributed by atoms with Crippen molar-refractivity contribution in [3.8, 4) is 5.75 Å². The summed E-state index contributed by atoms with van der Waals surface area (Å²) in [7, 11) is -2.30. The summed E-state index contributed by atoms with van der Waals surface area (Å²) in [5, 5.41) is 0.451. The molecule has 0 bridgehead atoms. The van der Waals surface area contributed by atoms with Gasteiger partial charge in [0.1, 0.15) is 5.75 Å². The van der Waals surface area contributed by atoms with Gasteiger partial charge in [0.2, 0.25) is 0 Å². The maximum atomic E-state index is 12.2. The highest BCUT2D eigenvalue weighted by atomic mass is 35.5. The van der Waals surface area contributed by atoms with Crippen molar-refractivity contribution < 1.29 is 13.2 Å². The highest BCUT2D eigenvalue weighted by Gasteiger charge is 2.16. The molecule has 1 N–H and O–H groups in total. The van der Waals surface area contributed by atoms with E-state index in [2.05, 4.69) is 9.71 Å². The molecule has 1 aromatic carbocycles. The summed E-state index contributed by atoms with van der Waals surface area (Å²) >= 11 is 11.6. The van der Waals surface area contributed by atoms with E-state index < -0.39 is 10.0 Å². The van der Waals surface area contributed by atoms with Gasteiger partial charge in [-0.1, -0.05) is 23.2 Å². The zero-order chi connectivity index (χ0) is 14.8. The van der Waals surface area contributed by atoms with Crippen LogP contribution in [0.3, 0.4) is 0 Å². The SMILES string of the molecule is COc1cncc(NS(=O)(=O)c2ccc(Cl)c(Cl)c2)c1. The van der Waals surface area contributed by atoms with Gasteiger partial charge in [0.25, 0.3) is 10.0 Å². The Labute approximate surface area is 126 Å². The Morgan fingerprint density at radius 3 is 2.55 bits per heavy atom. The molecule has 20 heavy (non-hydrogen) atoms. The number of nitrogens with zero attached hydrogens (tertiary/aromatic N) is 1. The summed E-state index contributed by atoms with van der Waals surface area (Å²) in [6.45, 7) is 0. The van der Waals surface area contributed by atoms with Crippen LogP contribution in [-0.4, -0.2) is 20.5 Å². The van der Waals surface area contributed by atoms with Crippen molar-refractivity contribution in [2.75, 3.05) is 11.8 Å². The largest absolute Gasteiger partial charge is 0.495 e. The second kappa shape index (κ2) is 5.87. The molecule has 0 fully saturated rings.